The van der Waals surface area contributed by atoms with Gasteiger partial charge in [-0.2, -0.15) is 0 Å². The number of hydrogen-bond acceptors (Lipinski definition) is 2. The molecule has 13 heavy (non-hydrogen) atoms. The van der Waals surface area contributed by atoms with Crippen LogP contribution in [-0.4, -0.2) is 11.7 Å². The Hall–Kier alpha value is -1.05. The second-order valence-corrected chi connectivity index (χ2v) is 2.98. The molecule has 0 aromatic heterocycles. The average molecular weight is 195 g/mol. The van der Waals surface area contributed by atoms with Gasteiger partial charge in [-0.15, -0.1) is 0 Å². The van der Waals surface area contributed by atoms with Crippen LogP contribution in [0.2, 0.25) is 0 Å². The quantitative estimate of drug-likeness (QED) is 0.533. The van der Waals surface area contributed by atoms with Crippen molar-refractivity contribution in [3.05, 3.63) is 35.1 Å². The lowest BCUT2D eigenvalue weighted by atomic mass is 10.1. The summed E-state index contributed by atoms with van der Waals surface area (Å²) in [6, 6.07) is 4.77. The number of benzene rings is 1. The smallest absolute Gasteiger partial charge is 0.123 e. The molecule has 0 atom stereocenters. The van der Waals surface area contributed by atoms with E-state index in [1.165, 1.54) is 12.1 Å². The number of rotatable bonds is 3. The monoisotopic (exact) mass is 195 g/mol. The van der Waals surface area contributed by atoms with E-state index >= 15 is 0 Å². The Morgan fingerprint density at radius 1 is 1.54 bits per heavy atom. The van der Waals surface area contributed by atoms with E-state index in [9.17, 15) is 4.39 Å². The highest BCUT2D eigenvalue weighted by atomic mass is 32.1. The van der Waals surface area contributed by atoms with E-state index in [2.05, 4.69) is 22.4 Å². The zero-order chi connectivity index (χ0) is 9.68. The number of thiocarbonyl (C=S) groups is 1. The van der Waals surface area contributed by atoms with Crippen LogP contribution in [-0.2, 0) is 6.42 Å². The van der Waals surface area contributed by atoms with Gasteiger partial charge in [-0.1, -0.05) is 6.07 Å². The van der Waals surface area contributed by atoms with E-state index in [0.717, 1.165) is 17.5 Å². The molecule has 0 aliphatic heterocycles. The highest BCUT2D eigenvalue weighted by Gasteiger charge is 1.98. The summed E-state index contributed by atoms with van der Waals surface area (Å²) in [5.41, 5.74) is 2.06. The Morgan fingerprint density at radius 2 is 2.31 bits per heavy atom. The SMILES string of the molecule is Cc1cc(F)ccc1CCN=C=S. The molecule has 0 aliphatic rings. The molecular formula is C10H10FNS. The third-order valence-electron chi connectivity index (χ3n) is 1.86. The van der Waals surface area contributed by atoms with Gasteiger partial charge in [-0.3, -0.25) is 0 Å². The Bertz CT molecular complexity index is 343. The van der Waals surface area contributed by atoms with Crippen LogP contribution in [0.4, 0.5) is 4.39 Å². The van der Waals surface area contributed by atoms with Crippen LogP contribution >= 0.6 is 12.2 Å². The van der Waals surface area contributed by atoms with Gasteiger partial charge in [0, 0.05) is 0 Å². The van der Waals surface area contributed by atoms with E-state index in [-0.39, 0.29) is 5.82 Å². The number of aliphatic imine (C=N–C) groups is 1. The molecule has 0 heterocycles. The number of halogens is 1. The molecular weight excluding hydrogens is 185 g/mol. The lowest BCUT2D eigenvalue weighted by molar-refractivity contribution is 0.625. The fourth-order valence-corrected chi connectivity index (χ4v) is 1.25. The average Bonchev–Trinajstić information content (AvgIpc) is 2.09. The summed E-state index contributed by atoms with van der Waals surface area (Å²) < 4.78 is 12.7. The number of isothiocyanates is 1. The topological polar surface area (TPSA) is 12.4 Å². The summed E-state index contributed by atoms with van der Waals surface area (Å²) in [5, 5.41) is 2.30. The summed E-state index contributed by atoms with van der Waals surface area (Å²) in [4.78, 5) is 3.80. The molecule has 0 aliphatic carbocycles. The van der Waals surface area contributed by atoms with Gasteiger partial charge in [0.25, 0.3) is 0 Å². The summed E-state index contributed by atoms with van der Waals surface area (Å²) in [5.74, 6) is -0.195. The Labute approximate surface area is 82.3 Å². The molecule has 1 rings (SSSR count). The molecule has 0 N–H and O–H groups in total. The van der Waals surface area contributed by atoms with Gasteiger partial charge < -0.3 is 0 Å². The number of hydrogen-bond donors (Lipinski definition) is 0. The summed E-state index contributed by atoms with van der Waals surface area (Å²) in [6.45, 7) is 2.51. The minimum absolute atomic E-state index is 0.195. The first-order valence-electron chi connectivity index (χ1n) is 4.02. The van der Waals surface area contributed by atoms with Crippen molar-refractivity contribution >= 4 is 17.4 Å². The third-order valence-corrected chi connectivity index (χ3v) is 1.99. The van der Waals surface area contributed by atoms with Crippen molar-refractivity contribution in [2.45, 2.75) is 13.3 Å². The van der Waals surface area contributed by atoms with Crippen molar-refractivity contribution in [3.63, 3.8) is 0 Å². The first-order chi connectivity index (χ1) is 6.24. The van der Waals surface area contributed by atoms with Crippen LogP contribution in [0.5, 0.6) is 0 Å². The molecule has 0 fully saturated rings. The molecule has 0 saturated carbocycles. The fraction of sp³-hybridized carbons (Fsp3) is 0.300. The lowest BCUT2D eigenvalue weighted by Crippen LogP contribution is -1.93. The van der Waals surface area contributed by atoms with Gasteiger partial charge in [0.2, 0.25) is 0 Å². The maximum Gasteiger partial charge on any atom is 0.123 e. The van der Waals surface area contributed by atoms with Crippen LogP contribution in [0.1, 0.15) is 11.1 Å². The number of aryl methyl sites for hydroxylation is 1. The molecule has 1 aromatic carbocycles. The van der Waals surface area contributed by atoms with Crippen molar-refractivity contribution in [2.24, 2.45) is 4.99 Å². The van der Waals surface area contributed by atoms with Crippen LogP contribution in [0.3, 0.4) is 0 Å². The first kappa shape index (κ1) is 10.0. The maximum absolute atomic E-state index is 12.7. The van der Waals surface area contributed by atoms with Crippen LogP contribution in [0.25, 0.3) is 0 Å². The normalized spacial score (nSPS) is 9.38. The molecule has 68 valence electrons. The van der Waals surface area contributed by atoms with E-state index in [1.807, 2.05) is 6.92 Å². The second-order valence-electron chi connectivity index (χ2n) is 2.79. The van der Waals surface area contributed by atoms with Gasteiger partial charge >= 0.3 is 0 Å². The maximum atomic E-state index is 12.7. The summed E-state index contributed by atoms with van der Waals surface area (Å²) in [7, 11) is 0. The fourth-order valence-electron chi connectivity index (χ4n) is 1.16. The van der Waals surface area contributed by atoms with Crippen LogP contribution in [0, 0.1) is 12.7 Å². The van der Waals surface area contributed by atoms with Crippen molar-refractivity contribution in [2.75, 3.05) is 6.54 Å². The third kappa shape index (κ3) is 3.05. The zero-order valence-electron chi connectivity index (χ0n) is 7.38. The van der Waals surface area contributed by atoms with Gasteiger partial charge in [0.1, 0.15) is 5.82 Å². The minimum atomic E-state index is -0.195. The van der Waals surface area contributed by atoms with Crippen molar-refractivity contribution in [1.29, 1.82) is 0 Å². The Balaban J connectivity index is 2.71. The highest BCUT2D eigenvalue weighted by Crippen LogP contribution is 2.10. The minimum Gasteiger partial charge on any atom is -0.232 e. The Morgan fingerprint density at radius 3 is 2.92 bits per heavy atom. The molecule has 3 heteroatoms. The van der Waals surface area contributed by atoms with E-state index in [4.69, 9.17) is 0 Å². The lowest BCUT2D eigenvalue weighted by Gasteiger charge is -2.02. The van der Waals surface area contributed by atoms with Crippen molar-refractivity contribution in [1.82, 2.24) is 0 Å². The van der Waals surface area contributed by atoms with Gasteiger partial charge in [-0.25, -0.2) is 9.38 Å². The van der Waals surface area contributed by atoms with Crippen LogP contribution < -0.4 is 0 Å². The highest BCUT2D eigenvalue weighted by molar-refractivity contribution is 7.78. The van der Waals surface area contributed by atoms with Gasteiger partial charge in [0.15, 0.2) is 0 Å². The predicted octanol–water partition coefficient (Wildman–Crippen LogP) is 2.78. The summed E-state index contributed by atoms with van der Waals surface area (Å²) >= 11 is 4.44. The zero-order valence-corrected chi connectivity index (χ0v) is 8.20. The molecule has 0 amide bonds. The van der Waals surface area contributed by atoms with E-state index in [0.29, 0.717) is 6.54 Å². The van der Waals surface area contributed by atoms with Gasteiger partial charge in [0.05, 0.1) is 11.7 Å². The van der Waals surface area contributed by atoms with Gasteiger partial charge in [-0.05, 0) is 48.8 Å². The molecule has 0 bridgehead atoms. The number of nitrogens with zero attached hydrogens (tertiary/aromatic N) is 1. The predicted molar refractivity (Wildman–Crippen MR) is 54.7 cm³/mol. The largest absolute Gasteiger partial charge is 0.232 e. The van der Waals surface area contributed by atoms with Crippen molar-refractivity contribution < 1.29 is 4.39 Å². The molecule has 0 saturated heterocycles. The Kier molecular flexibility index (Phi) is 3.74. The standard InChI is InChI=1S/C10H10FNS/c1-8-6-10(11)3-2-9(8)4-5-12-7-13/h2-3,6H,4-5H2,1H3. The molecule has 0 unspecified atom stereocenters. The molecule has 1 aromatic rings. The van der Waals surface area contributed by atoms with E-state index in [1.54, 1.807) is 6.07 Å². The first-order valence-corrected chi connectivity index (χ1v) is 4.43. The van der Waals surface area contributed by atoms with E-state index < -0.39 is 0 Å². The second kappa shape index (κ2) is 4.85. The summed E-state index contributed by atoms with van der Waals surface area (Å²) in [6.07, 6.45) is 0.787. The molecule has 1 nitrogen and oxygen atoms in total. The molecule has 0 radical (unpaired) electrons. The molecule has 0 spiro atoms. The van der Waals surface area contributed by atoms with Crippen LogP contribution in [0.15, 0.2) is 23.2 Å². The van der Waals surface area contributed by atoms with Crippen molar-refractivity contribution in [3.8, 4) is 0 Å².